The summed E-state index contributed by atoms with van der Waals surface area (Å²) < 4.78 is 0. The first-order valence-corrected chi connectivity index (χ1v) is 6.55. The molecule has 0 aliphatic heterocycles. The molecule has 2 nitrogen and oxygen atoms in total. The van der Waals surface area contributed by atoms with Crippen LogP contribution in [0.15, 0.2) is 61.2 Å². The molecular formula is C18H15NO. The molecule has 0 bridgehead atoms. The van der Waals surface area contributed by atoms with Crippen molar-refractivity contribution in [3.05, 3.63) is 78.0 Å². The third kappa shape index (κ3) is 1.95. The van der Waals surface area contributed by atoms with Crippen LogP contribution in [0.4, 0.5) is 0 Å². The van der Waals surface area contributed by atoms with Crippen LogP contribution < -0.4 is 0 Å². The molecule has 0 fully saturated rings. The molecule has 0 radical (unpaired) electrons. The van der Waals surface area contributed by atoms with E-state index in [0.29, 0.717) is 11.3 Å². The fourth-order valence-electron chi connectivity index (χ4n) is 2.43. The summed E-state index contributed by atoms with van der Waals surface area (Å²) in [5.41, 5.74) is 3.95. The Labute approximate surface area is 117 Å². The molecule has 0 aliphatic rings. The molecule has 3 rings (SSSR count). The van der Waals surface area contributed by atoms with E-state index in [2.05, 4.69) is 11.6 Å². The lowest BCUT2D eigenvalue weighted by atomic mass is 9.99. The smallest absolute Gasteiger partial charge is 0.209 e. The summed E-state index contributed by atoms with van der Waals surface area (Å²) in [5, 5.41) is 1.08. The molecule has 1 aromatic heterocycles. The molecule has 0 atom stereocenters. The van der Waals surface area contributed by atoms with Gasteiger partial charge in [-0.05, 0) is 24.1 Å². The molecular weight excluding hydrogens is 246 g/mol. The van der Waals surface area contributed by atoms with Crippen molar-refractivity contribution >= 4 is 22.3 Å². The molecule has 0 spiro atoms. The number of aromatic nitrogens is 1. The van der Waals surface area contributed by atoms with E-state index in [4.69, 9.17) is 0 Å². The van der Waals surface area contributed by atoms with E-state index in [-0.39, 0.29) is 5.78 Å². The van der Waals surface area contributed by atoms with Gasteiger partial charge in [-0.2, -0.15) is 0 Å². The Hall–Kier alpha value is -2.61. The Balaban J connectivity index is 2.05. The highest BCUT2D eigenvalue weighted by molar-refractivity contribution is 6.29. The van der Waals surface area contributed by atoms with Crippen molar-refractivity contribution in [2.45, 2.75) is 6.92 Å². The van der Waals surface area contributed by atoms with Gasteiger partial charge in [0.1, 0.15) is 0 Å². The average Bonchev–Trinajstić information content (AvgIpc) is 2.84. The lowest BCUT2D eigenvalue weighted by Crippen LogP contribution is -2.03. The zero-order valence-corrected chi connectivity index (χ0v) is 11.3. The fourth-order valence-corrected chi connectivity index (χ4v) is 2.43. The maximum absolute atomic E-state index is 12.6. The van der Waals surface area contributed by atoms with Crippen LogP contribution >= 0.6 is 0 Å². The van der Waals surface area contributed by atoms with Crippen molar-refractivity contribution in [2.24, 2.45) is 0 Å². The van der Waals surface area contributed by atoms with E-state index in [0.717, 1.165) is 22.0 Å². The van der Waals surface area contributed by atoms with Gasteiger partial charge < -0.3 is 4.98 Å². The van der Waals surface area contributed by atoms with Crippen LogP contribution in [0.1, 0.15) is 21.6 Å². The van der Waals surface area contributed by atoms with Crippen LogP contribution in [0.5, 0.6) is 0 Å². The average molecular weight is 261 g/mol. The summed E-state index contributed by atoms with van der Waals surface area (Å²) in [6.07, 6.45) is 0. The minimum absolute atomic E-state index is 0.0510. The molecule has 0 unspecified atom stereocenters. The highest BCUT2D eigenvalue weighted by Crippen LogP contribution is 2.25. The highest BCUT2D eigenvalue weighted by atomic mass is 16.1. The standard InChI is InChI=1S/C18H15NO/c1-12(14-8-4-3-5-9-14)18(20)17-13(2)15-10-6-7-11-16(15)19-17/h3-11,19H,1H2,2H3. The van der Waals surface area contributed by atoms with Crippen LogP contribution in [0.25, 0.3) is 16.5 Å². The maximum Gasteiger partial charge on any atom is 0.209 e. The summed E-state index contributed by atoms with van der Waals surface area (Å²) in [6, 6.07) is 17.5. The Kier molecular flexibility index (Phi) is 2.99. The van der Waals surface area contributed by atoms with Gasteiger partial charge in [0, 0.05) is 16.5 Å². The molecule has 2 aromatic carbocycles. The summed E-state index contributed by atoms with van der Waals surface area (Å²) >= 11 is 0. The molecule has 0 saturated carbocycles. The summed E-state index contributed by atoms with van der Waals surface area (Å²) in [7, 11) is 0. The molecule has 0 aliphatic carbocycles. The number of Topliss-reactive ketones (excluding diaryl/α,β-unsaturated/α-hetero) is 1. The predicted molar refractivity (Wildman–Crippen MR) is 82.8 cm³/mol. The van der Waals surface area contributed by atoms with Crippen molar-refractivity contribution in [3.8, 4) is 0 Å². The Bertz CT molecular complexity index is 797. The van der Waals surface area contributed by atoms with Crippen molar-refractivity contribution in [1.82, 2.24) is 4.98 Å². The van der Waals surface area contributed by atoms with Crippen molar-refractivity contribution in [2.75, 3.05) is 0 Å². The zero-order chi connectivity index (χ0) is 14.1. The topological polar surface area (TPSA) is 32.9 Å². The lowest BCUT2D eigenvalue weighted by Gasteiger charge is -2.04. The van der Waals surface area contributed by atoms with Crippen molar-refractivity contribution in [1.29, 1.82) is 0 Å². The normalized spacial score (nSPS) is 10.7. The van der Waals surface area contributed by atoms with E-state index >= 15 is 0 Å². The van der Waals surface area contributed by atoms with E-state index in [1.54, 1.807) is 0 Å². The number of fused-ring (bicyclic) bond motifs is 1. The highest BCUT2D eigenvalue weighted by Gasteiger charge is 2.17. The van der Waals surface area contributed by atoms with Gasteiger partial charge in [-0.3, -0.25) is 4.79 Å². The van der Waals surface area contributed by atoms with Crippen molar-refractivity contribution in [3.63, 3.8) is 0 Å². The minimum Gasteiger partial charge on any atom is -0.352 e. The second-order valence-electron chi connectivity index (χ2n) is 4.84. The monoisotopic (exact) mass is 261 g/mol. The van der Waals surface area contributed by atoms with Crippen LogP contribution in [0, 0.1) is 6.92 Å². The van der Waals surface area contributed by atoms with Gasteiger partial charge in [0.15, 0.2) is 0 Å². The first-order valence-electron chi connectivity index (χ1n) is 6.55. The van der Waals surface area contributed by atoms with Gasteiger partial charge in [0.05, 0.1) is 5.69 Å². The number of rotatable bonds is 3. The number of hydrogen-bond acceptors (Lipinski definition) is 1. The van der Waals surface area contributed by atoms with Gasteiger partial charge in [0.2, 0.25) is 5.78 Å². The summed E-state index contributed by atoms with van der Waals surface area (Å²) in [6.45, 7) is 5.91. The molecule has 0 amide bonds. The molecule has 2 heteroatoms. The van der Waals surface area contributed by atoms with E-state index in [1.165, 1.54) is 0 Å². The van der Waals surface area contributed by atoms with Crippen LogP contribution in [0.3, 0.4) is 0 Å². The molecule has 1 heterocycles. The van der Waals surface area contributed by atoms with E-state index in [1.807, 2.05) is 61.5 Å². The van der Waals surface area contributed by atoms with Gasteiger partial charge in [0.25, 0.3) is 0 Å². The van der Waals surface area contributed by atoms with Gasteiger partial charge >= 0.3 is 0 Å². The summed E-state index contributed by atoms with van der Waals surface area (Å²) in [4.78, 5) is 15.8. The molecule has 1 N–H and O–H groups in total. The largest absolute Gasteiger partial charge is 0.352 e. The first kappa shape index (κ1) is 12.4. The SMILES string of the molecule is C=C(C(=O)c1[nH]c2ccccc2c1C)c1ccccc1. The molecule has 3 aromatic rings. The number of ketones is 1. The second-order valence-corrected chi connectivity index (χ2v) is 4.84. The number of carbonyl (C=O) groups is 1. The Morgan fingerprint density at radius 2 is 1.65 bits per heavy atom. The zero-order valence-electron chi connectivity index (χ0n) is 11.3. The molecule has 20 heavy (non-hydrogen) atoms. The number of nitrogens with one attached hydrogen (secondary N) is 1. The molecule has 98 valence electrons. The summed E-state index contributed by atoms with van der Waals surface area (Å²) in [5.74, 6) is -0.0510. The van der Waals surface area contributed by atoms with E-state index in [9.17, 15) is 4.79 Å². The fraction of sp³-hybridized carbons (Fsp3) is 0.0556. The van der Waals surface area contributed by atoms with Gasteiger partial charge in [-0.1, -0.05) is 55.1 Å². The number of para-hydroxylation sites is 1. The van der Waals surface area contributed by atoms with Crippen LogP contribution in [0.2, 0.25) is 0 Å². The number of carbonyl (C=O) groups excluding carboxylic acids is 1. The Morgan fingerprint density at radius 3 is 2.35 bits per heavy atom. The van der Waals surface area contributed by atoms with Crippen LogP contribution in [-0.2, 0) is 0 Å². The number of hydrogen-bond donors (Lipinski definition) is 1. The first-order chi connectivity index (χ1) is 9.68. The quantitative estimate of drug-likeness (QED) is 0.551. The van der Waals surface area contributed by atoms with Gasteiger partial charge in [-0.15, -0.1) is 0 Å². The third-order valence-electron chi connectivity index (χ3n) is 3.59. The third-order valence-corrected chi connectivity index (χ3v) is 3.59. The number of aryl methyl sites for hydroxylation is 1. The maximum atomic E-state index is 12.6. The lowest BCUT2D eigenvalue weighted by molar-refractivity contribution is 0.105. The number of H-pyrrole nitrogens is 1. The molecule has 0 saturated heterocycles. The minimum atomic E-state index is -0.0510. The predicted octanol–water partition coefficient (Wildman–Crippen LogP) is 4.37. The number of aromatic amines is 1. The van der Waals surface area contributed by atoms with Crippen molar-refractivity contribution < 1.29 is 4.79 Å². The van der Waals surface area contributed by atoms with Gasteiger partial charge in [-0.25, -0.2) is 0 Å². The number of allylic oxidation sites excluding steroid dienone is 1. The number of benzene rings is 2. The van der Waals surface area contributed by atoms with E-state index < -0.39 is 0 Å². The van der Waals surface area contributed by atoms with Crippen LogP contribution in [-0.4, -0.2) is 10.8 Å². The Morgan fingerprint density at radius 1 is 1.00 bits per heavy atom. The second kappa shape index (κ2) is 4.82.